The Morgan fingerprint density at radius 2 is 2.12 bits per heavy atom. The Bertz CT molecular complexity index is 313. The smallest absolute Gasteiger partial charge is 0.271 e. The molecule has 0 bridgehead atoms. The lowest BCUT2D eigenvalue weighted by atomic mass is 10.0. The molecule has 1 unspecified atom stereocenters. The molecule has 0 aliphatic rings. The van der Waals surface area contributed by atoms with Gasteiger partial charge in [0, 0.05) is 24.9 Å². The number of halogens is 3. The van der Waals surface area contributed by atoms with E-state index in [4.69, 9.17) is 5.84 Å². The first kappa shape index (κ1) is 13.9. The molecule has 0 fully saturated rings. The molecule has 6 heteroatoms. The molecule has 0 spiro atoms. The van der Waals surface area contributed by atoms with Crippen LogP contribution in [0.2, 0.25) is 0 Å². The van der Waals surface area contributed by atoms with Gasteiger partial charge in [0.25, 0.3) is 0 Å². The highest BCUT2D eigenvalue weighted by Crippen LogP contribution is 2.23. The number of hydrazine groups is 1. The van der Waals surface area contributed by atoms with Gasteiger partial charge in [-0.15, -0.1) is 0 Å². The van der Waals surface area contributed by atoms with Gasteiger partial charge in [-0.3, -0.25) is 16.3 Å². The Balaban J connectivity index is 2.33. The molecular weight excluding hydrogens is 231 g/mol. The normalized spacial score (nSPS) is 13.6. The van der Waals surface area contributed by atoms with Crippen LogP contribution in [0, 0.1) is 0 Å². The molecule has 0 saturated heterocycles. The largest absolute Gasteiger partial charge is 0.389 e. The zero-order valence-electron chi connectivity index (χ0n) is 9.37. The average Bonchev–Trinajstić information content (AvgIpc) is 2.29. The Labute approximate surface area is 98.2 Å². The van der Waals surface area contributed by atoms with Gasteiger partial charge >= 0.3 is 6.18 Å². The standard InChI is InChI=1S/C11H16F3N3/c12-11(13,14)6-5-10(17-15)4-3-9-2-1-7-16-8-9/h1-2,7-8,10,17H,3-6,15H2. The van der Waals surface area contributed by atoms with E-state index in [9.17, 15) is 13.2 Å². The Hall–Kier alpha value is -1.14. The molecule has 1 aromatic rings. The predicted octanol–water partition coefficient (Wildman–Crippen LogP) is 2.19. The summed E-state index contributed by atoms with van der Waals surface area (Å²) in [6.07, 6.45) is -0.333. The molecule has 96 valence electrons. The van der Waals surface area contributed by atoms with E-state index in [2.05, 4.69) is 10.4 Å². The summed E-state index contributed by atoms with van der Waals surface area (Å²) in [4.78, 5) is 3.94. The number of hydrogen-bond donors (Lipinski definition) is 2. The number of rotatable bonds is 6. The minimum atomic E-state index is -4.12. The summed E-state index contributed by atoms with van der Waals surface area (Å²) in [6, 6.07) is 3.37. The van der Waals surface area contributed by atoms with Crippen molar-refractivity contribution in [1.29, 1.82) is 0 Å². The van der Waals surface area contributed by atoms with Crippen LogP contribution in [-0.4, -0.2) is 17.2 Å². The fourth-order valence-electron chi connectivity index (χ4n) is 1.54. The first-order valence-electron chi connectivity index (χ1n) is 5.43. The summed E-state index contributed by atoms with van der Waals surface area (Å²) in [6.45, 7) is 0. The molecule has 1 rings (SSSR count). The number of pyridine rings is 1. The first-order chi connectivity index (χ1) is 8.01. The summed E-state index contributed by atoms with van der Waals surface area (Å²) in [7, 11) is 0. The maximum absolute atomic E-state index is 12.0. The fourth-order valence-corrected chi connectivity index (χ4v) is 1.54. The molecule has 1 aromatic heterocycles. The van der Waals surface area contributed by atoms with Crippen LogP contribution in [0.5, 0.6) is 0 Å². The van der Waals surface area contributed by atoms with Gasteiger partial charge in [-0.1, -0.05) is 6.07 Å². The zero-order chi connectivity index (χ0) is 12.7. The minimum Gasteiger partial charge on any atom is -0.271 e. The lowest BCUT2D eigenvalue weighted by molar-refractivity contribution is -0.136. The zero-order valence-corrected chi connectivity index (χ0v) is 9.37. The van der Waals surface area contributed by atoms with E-state index < -0.39 is 12.6 Å². The van der Waals surface area contributed by atoms with Gasteiger partial charge in [0.15, 0.2) is 0 Å². The van der Waals surface area contributed by atoms with Gasteiger partial charge in [-0.25, -0.2) is 0 Å². The van der Waals surface area contributed by atoms with Crippen LogP contribution in [0.4, 0.5) is 13.2 Å². The van der Waals surface area contributed by atoms with Crippen molar-refractivity contribution in [3.8, 4) is 0 Å². The number of alkyl halides is 3. The van der Waals surface area contributed by atoms with Crippen LogP contribution in [0.15, 0.2) is 24.5 Å². The maximum Gasteiger partial charge on any atom is 0.389 e. The quantitative estimate of drug-likeness (QED) is 0.598. The van der Waals surface area contributed by atoms with E-state index in [0.717, 1.165) is 5.56 Å². The third kappa shape index (κ3) is 6.23. The molecule has 17 heavy (non-hydrogen) atoms. The number of hydrogen-bond acceptors (Lipinski definition) is 3. The highest BCUT2D eigenvalue weighted by molar-refractivity contribution is 5.08. The van der Waals surface area contributed by atoms with Gasteiger partial charge in [0.05, 0.1) is 0 Å². The van der Waals surface area contributed by atoms with Crippen LogP contribution < -0.4 is 11.3 Å². The van der Waals surface area contributed by atoms with Crippen molar-refractivity contribution < 1.29 is 13.2 Å². The van der Waals surface area contributed by atoms with E-state index in [1.54, 1.807) is 18.5 Å². The first-order valence-corrected chi connectivity index (χ1v) is 5.43. The third-order valence-corrected chi connectivity index (χ3v) is 2.52. The van der Waals surface area contributed by atoms with Crippen molar-refractivity contribution in [3.05, 3.63) is 30.1 Å². The topological polar surface area (TPSA) is 50.9 Å². The molecule has 3 nitrogen and oxygen atoms in total. The average molecular weight is 247 g/mol. The molecule has 3 N–H and O–H groups in total. The molecule has 0 amide bonds. The van der Waals surface area contributed by atoms with Crippen LogP contribution in [0.1, 0.15) is 24.8 Å². The summed E-state index contributed by atoms with van der Waals surface area (Å²) in [5, 5.41) is 0. The summed E-state index contributed by atoms with van der Waals surface area (Å²) >= 11 is 0. The molecule has 1 atom stereocenters. The summed E-state index contributed by atoms with van der Waals surface area (Å²) in [5.41, 5.74) is 3.42. The minimum absolute atomic E-state index is 0.000260. The molecular formula is C11H16F3N3. The van der Waals surface area contributed by atoms with Crippen LogP contribution >= 0.6 is 0 Å². The Morgan fingerprint density at radius 1 is 1.35 bits per heavy atom. The Morgan fingerprint density at radius 3 is 2.65 bits per heavy atom. The SMILES string of the molecule is NNC(CCc1cccnc1)CCC(F)(F)F. The molecule has 1 heterocycles. The number of aryl methyl sites for hydroxylation is 1. The third-order valence-electron chi connectivity index (χ3n) is 2.52. The van der Waals surface area contributed by atoms with Gasteiger partial charge in [-0.2, -0.15) is 13.2 Å². The molecule has 0 aliphatic carbocycles. The number of aromatic nitrogens is 1. The number of nitrogens with zero attached hydrogens (tertiary/aromatic N) is 1. The van der Waals surface area contributed by atoms with Crippen molar-refractivity contribution in [1.82, 2.24) is 10.4 Å². The van der Waals surface area contributed by atoms with E-state index in [1.807, 2.05) is 6.07 Å². The fraction of sp³-hybridized carbons (Fsp3) is 0.545. The molecule has 0 radical (unpaired) electrons. The number of nitrogens with one attached hydrogen (secondary N) is 1. The molecule has 0 aliphatic heterocycles. The van der Waals surface area contributed by atoms with Crippen LogP contribution in [-0.2, 0) is 6.42 Å². The van der Waals surface area contributed by atoms with Crippen LogP contribution in [0.25, 0.3) is 0 Å². The predicted molar refractivity (Wildman–Crippen MR) is 59.0 cm³/mol. The van der Waals surface area contributed by atoms with E-state index in [0.29, 0.717) is 12.8 Å². The number of nitrogens with two attached hydrogens (primary N) is 1. The lowest BCUT2D eigenvalue weighted by Gasteiger charge is -2.16. The monoisotopic (exact) mass is 247 g/mol. The summed E-state index contributed by atoms with van der Waals surface area (Å²) < 4.78 is 36.1. The van der Waals surface area contributed by atoms with Gasteiger partial charge in [0.2, 0.25) is 0 Å². The van der Waals surface area contributed by atoms with E-state index in [-0.39, 0.29) is 12.5 Å². The van der Waals surface area contributed by atoms with Crippen molar-refractivity contribution in [2.24, 2.45) is 5.84 Å². The second-order valence-corrected chi connectivity index (χ2v) is 3.92. The highest BCUT2D eigenvalue weighted by atomic mass is 19.4. The Kier molecular flexibility index (Phi) is 5.37. The van der Waals surface area contributed by atoms with Crippen LogP contribution in [0.3, 0.4) is 0 Å². The lowest BCUT2D eigenvalue weighted by Crippen LogP contribution is -2.36. The van der Waals surface area contributed by atoms with E-state index in [1.165, 1.54) is 0 Å². The van der Waals surface area contributed by atoms with Crippen molar-refractivity contribution >= 4 is 0 Å². The van der Waals surface area contributed by atoms with Crippen molar-refractivity contribution in [3.63, 3.8) is 0 Å². The second-order valence-electron chi connectivity index (χ2n) is 3.92. The molecule has 0 saturated carbocycles. The van der Waals surface area contributed by atoms with Crippen molar-refractivity contribution in [2.75, 3.05) is 0 Å². The molecule has 0 aromatic carbocycles. The van der Waals surface area contributed by atoms with Crippen molar-refractivity contribution in [2.45, 2.75) is 37.9 Å². The second kappa shape index (κ2) is 6.56. The summed E-state index contributed by atoms with van der Waals surface area (Å²) in [5.74, 6) is 5.23. The van der Waals surface area contributed by atoms with E-state index >= 15 is 0 Å². The maximum atomic E-state index is 12.0. The van der Waals surface area contributed by atoms with Gasteiger partial charge < -0.3 is 0 Å². The van der Waals surface area contributed by atoms with Gasteiger partial charge in [-0.05, 0) is 30.9 Å². The highest BCUT2D eigenvalue weighted by Gasteiger charge is 2.27. The van der Waals surface area contributed by atoms with Gasteiger partial charge in [0.1, 0.15) is 0 Å².